The highest BCUT2D eigenvalue weighted by atomic mass is 35.5. The van der Waals surface area contributed by atoms with Crippen molar-refractivity contribution in [3.8, 4) is 0 Å². The van der Waals surface area contributed by atoms with Gasteiger partial charge < -0.3 is 4.90 Å². The molecule has 0 bridgehead atoms. The first kappa shape index (κ1) is 12.8. The van der Waals surface area contributed by atoms with Gasteiger partial charge in [-0.05, 0) is 42.0 Å². The van der Waals surface area contributed by atoms with E-state index in [4.69, 9.17) is 11.6 Å². The average molecular weight is 268 g/mol. The third-order valence-electron chi connectivity index (χ3n) is 2.74. The molecule has 0 aliphatic heterocycles. The molecule has 0 atom stereocenters. The number of rotatable bonds is 3. The van der Waals surface area contributed by atoms with Crippen molar-refractivity contribution < 1.29 is 8.78 Å². The Morgan fingerprint density at radius 3 is 2.44 bits per heavy atom. The Balaban J connectivity index is 2.42. The molecular weight excluding hydrogens is 256 g/mol. The van der Waals surface area contributed by atoms with Crippen LogP contribution in [0.25, 0.3) is 0 Å². The van der Waals surface area contributed by atoms with Crippen LogP contribution in [-0.4, -0.2) is 7.05 Å². The maximum atomic E-state index is 13.2. The van der Waals surface area contributed by atoms with Crippen molar-refractivity contribution in [1.82, 2.24) is 0 Å². The number of halogens is 3. The van der Waals surface area contributed by atoms with Crippen molar-refractivity contribution in [2.24, 2.45) is 0 Å². The van der Waals surface area contributed by atoms with Gasteiger partial charge in [0.15, 0.2) is 0 Å². The number of benzene rings is 2. The summed E-state index contributed by atoms with van der Waals surface area (Å²) < 4.78 is 26.3. The van der Waals surface area contributed by atoms with E-state index in [2.05, 4.69) is 0 Å². The van der Waals surface area contributed by atoms with Crippen LogP contribution < -0.4 is 4.90 Å². The molecule has 0 unspecified atom stereocenters. The summed E-state index contributed by atoms with van der Waals surface area (Å²) in [6, 6.07) is 10.6. The van der Waals surface area contributed by atoms with Gasteiger partial charge >= 0.3 is 0 Å². The molecule has 0 spiro atoms. The van der Waals surface area contributed by atoms with Crippen LogP contribution in [0.15, 0.2) is 42.5 Å². The molecule has 0 amide bonds. The molecule has 0 saturated heterocycles. The van der Waals surface area contributed by atoms with Gasteiger partial charge in [0, 0.05) is 24.3 Å². The lowest BCUT2D eigenvalue weighted by molar-refractivity contribution is 0.625. The molecule has 1 nitrogen and oxygen atoms in total. The minimum absolute atomic E-state index is 0.201. The van der Waals surface area contributed by atoms with Gasteiger partial charge in [0.2, 0.25) is 0 Å². The second-order valence-electron chi connectivity index (χ2n) is 3.95. The largest absolute Gasteiger partial charge is 0.344 e. The Bertz CT molecular complexity index is 557. The van der Waals surface area contributed by atoms with E-state index >= 15 is 0 Å². The third kappa shape index (κ3) is 2.62. The summed E-state index contributed by atoms with van der Waals surface area (Å²) in [6.07, 6.45) is 0. The van der Waals surface area contributed by atoms with E-state index in [1.165, 1.54) is 24.3 Å². The SMILES string of the molecule is CN(c1cccc(F)c1)c1ccc(F)cc1CCl. The predicted octanol–water partition coefficient (Wildman–Crippen LogP) is 4.47. The Morgan fingerprint density at radius 1 is 1.06 bits per heavy atom. The van der Waals surface area contributed by atoms with Crippen LogP contribution in [0.2, 0.25) is 0 Å². The zero-order valence-corrected chi connectivity index (χ0v) is 10.6. The van der Waals surface area contributed by atoms with Crippen molar-refractivity contribution >= 4 is 23.0 Å². The van der Waals surface area contributed by atoms with Crippen LogP contribution >= 0.6 is 11.6 Å². The molecule has 0 N–H and O–H groups in total. The van der Waals surface area contributed by atoms with Gasteiger partial charge in [0.1, 0.15) is 11.6 Å². The summed E-state index contributed by atoms with van der Waals surface area (Å²) in [6.45, 7) is 0. The second kappa shape index (κ2) is 5.36. The Morgan fingerprint density at radius 2 is 1.78 bits per heavy atom. The van der Waals surface area contributed by atoms with Crippen LogP contribution in [0.1, 0.15) is 5.56 Å². The van der Waals surface area contributed by atoms with E-state index in [1.807, 2.05) is 0 Å². The normalized spacial score (nSPS) is 10.4. The molecule has 0 aliphatic carbocycles. The number of anilines is 2. The fraction of sp³-hybridized carbons (Fsp3) is 0.143. The molecule has 2 aromatic rings. The molecule has 4 heteroatoms. The first-order valence-electron chi connectivity index (χ1n) is 5.45. The zero-order valence-electron chi connectivity index (χ0n) is 9.83. The highest BCUT2D eigenvalue weighted by molar-refractivity contribution is 6.17. The lowest BCUT2D eigenvalue weighted by atomic mass is 10.1. The molecule has 2 rings (SSSR count). The third-order valence-corrected chi connectivity index (χ3v) is 3.03. The molecule has 0 saturated carbocycles. The van der Waals surface area contributed by atoms with Gasteiger partial charge in [-0.1, -0.05) is 6.07 Å². The van der Waals surface area contributed by atoms with Crippen molar-refractivity contribution in [2.75, 3.05) is 11.9 Å². The predicted molar refractivity (Wildman–Crippen MR) is 70.4 cm³/mol. The van der Waals surface area contributed by atoms with Gasteiger partial charge in [-0.15, -0.1) is 11.6 Å². The summed E-state index contributed by atoms with van der Waals surface area (Å²) in [7, 11) is 1.79. The first-order valence-corrected chi connectivity index (χ1v) is 5.99. The van der Waals surface area contributed by atoms with Crippen LogP contribution in [0, 0.1) is 11.6 Å². The Hall–Kier alpha value is -1.61. The molecule has 94 valence electrons. The summed E-state index contributed by atoms with van der Waals surface area (Å²) in [5.74, 6) is -0.442. The summed E-state index contributed by atoms with van der Waals surface area (Å²) in [4.78, 5) is 1.78. The minimum Gasteiger partial charge on any atom is -0.344 e. The summed E-state index contributed by atoms with van der Waals surface area (Å²) in [5.41, 5.74) is 2.12. The van der Waals surface area contributed by atoms with E-state index in [-0.39, 0.29) is 17.5 Å². The maximum absolute atomic E-state index is 13.2. The van der Waals surface area contributed by atoms with Crippen molar-refractivity contribution in [3.63, 3.8) is 0 Å². The second-order valence-corrected chi connectivity index (χ2v) is 4.21. The van der Waals surface area contributed by atoms with Gasteiger partial charge in [-0.3, -0.25) is 0 Å². The smallest absolute Gasteiger partial charge is 0.125 e. The molecule has 2 aromatic carbocycles. The molecule has 18 heavy (non-hydrogen) atoms. The van der Waals surface area contributed by atoms with Crippen LogP contribution in [0.4, 0.5) is 20.2 Å². The Kier molecular flexibility index (Phi) is 3.82. The number of alkyl halides is 1. The van der Waals surface area contributed by atoms with E-state index in [0.29, 0.717) is 11.3 Å². The number of nitrogens with zero attached hydrogens (tertiary/aromatic N) is 1. The summed E-state index contributed by atoms with van der Waals surface area (Å²) >= 11 is 5.80. The van der Waals surface area contributed by atoms with Gasteiger partial charge in [-0.25, -0.2) is 8.78 Å². The highest BCUT2D eigenvalue weighted by Crippen LogP contribution is 2.29. The molecule has 0 fully saturated rings. The topological polar surface area (TPSA) is 3.24 Å². The van der Waals surface area contributed by atoms with E-state index in [1.54, 1.807) is 30.1 Å². The van der Waals surface area contributed by atoms with Crippen LogP contribution in [0.3, 0.4) is 0 Å². The first-order chi connectivity index (χ1) is 8.61. The van der Waals surface area contributed by atoms with Gasteiger partial charge in [0.05, 0.1) is 0 Å². The molecular formula is C14H12ClF2N. The van der Waals surface area contributed by atoms with Crippen LogP contribution in [-0.2, 0) is 5.88 Å². The average Bonchev–Trinajstić information content (AvgIpc) is 2.37. The number of hydrogen-bond donors (Lipinski definition) is 0. The minimum atomic E-state index is -0.331. The maximum Gasteiger partial charge on any atom is 0.125 e. The monoisotopic (exact) mass is 267 g/mol. The van der Waals surface area contributed by atoms with Gasteiger partial charge in [-0.2, -0.15) is 0 Å². The van der Waals surface area contributed by atoms with Crippen molar-refractivity contribution in [3.05, 3.63) is 59.7 Å². The quantitative estimate of drug-likeness (QED) is 0.742. The van der Waals surface area contributed by atoms with Crippen LogP contribution in [0.5, 0.6) is 0 Å². The lowest BCUT2D eigenvalue weighted by Crippen LogP contribution is -2.11. The molecule has 0 aromatic heterocycles. The van der Waals surface area contributed by atoms with Crippen molar-refractivity contribution in [1.29, 1.82) is 0 Å². The fourth-order valence-electron chi connectivity index (χ4n) is 1.81. The zero-order chi connectivity index (χ0) is 13.1. The standard InChI is InChI=1S/C14H12ClF2N/c1-18(13-4-2-3-11(16)8-13)14-6-5-12(17)7-10(14)9-15/h2-8H,9H2,1H3. The van der Waals surface area contributed by atoms with Gasteiger partial charge in [0.25, 0.3) is 0 Å². The lowest BCUT2D eigenvalue weighted by Gasteiger charge is -2.22. The molecule has 0 radical (unpaired) electrons. The van der Waals surface area contributed by atoms with E-state index < -0.39 is 0 Å². The molecule has 0 heterocycles. The highest BCUT2D eigenvalue weighted by Gasteiger charge is 2.10. The summed E-state index contributed by atoms with van der Waals surface area (Å²) in [5, 5.41) is 0. The van der Waals surface area contributed by atoms with Crippen molar-refractivity contribution in [2.45, 2.75) is 5.88 Å². The van der Waals surface area contributed by atoms with E-state index in [0.717, 1.165) is 5.69 Å². The number of hydrogen-bond acceptors (Lipinski definition) is 1. The van der Waals surface area contributed by atoms with E-state index in [9.17, 15) is 8.78 Å². The fourth-order valence-corrected chi connectivity index (χ4v) is 2.03. The Labute approximate surface area is 110 Å². The molecule has 0 aliphatic rings.